The molecule has 1 atom stereocenters. The Labute approximate surface area is 125 Å². The summed E-state index contributed by atoms with van der Waals surface area (Å²) >= 11 is 0. The predicted octanol–water partition coefficient (Wildman–Crippen LogP) is 2.59. The van der Waals surface area contributed by atoms with Gasteiger partial charge in [0.15, 0.2) is 0 Å². The van der Waals surface area contributed by atoms with E-state index in [9.17, 15) is 9.32 Å². The van der Waals surface area contributed by atoms with Crippen molar-refractivity contribution < 1.29 is 14.8 Å². The van der Waals surface area contributed by atoms with Crippen molar-refractivity contribution in [1.82, 2.24) is 0 Å². The fourth-order valence-electron chi connectivity index (χ4n) is 2.26. The van der Waals surface area contributed by atoms with E-state index in [2.05, 4.69) is 0 Å². The quantitative estimate of drug-likeness (QED) is 0.834. The van der Waals surface area contributed by atoms with Crippen molar-refractivity contribution in [2.75, 3.05) is 0 Å². The lowest BCUT2D eigenvalue weighted by Crippen LogP contribution is -2.07. The molecule has 0 fully saturated rings. The fraction of sp³-hybridized carbons (Fsp3) is 0.0625. The SMILES string of the molecule is Cc1ccc2c(c1)C(O)=C(C(=N)c1ccccc1)S2=O.O. The largest absolute Gasteiger partial charge is 0.506 e. The zero-order valence-electron chi connectivity index (χ0n) is 11.4. The Hall–Kier alpha value is -2.24. The van der Waals surface area contributed by atoms with Crippen LogP contribution in [-0.4, -0.2) is 20.5 Å². The molecule has 0 bridgehead atoms. The Bertz CT molecular complexity index is 766. The van der Waals surface area contributed by atoms with Gasteiger partial charge in [-0.25, -0.2) is 4.21 Å². The number of nitrogens with one attached hydrogen (secondary N) is 1. The molecule has 4 N–H and O–H groups in total. The van der Waals surface area contributed by atoms with E-state index in [0.29, 0.717) is 16.0 Å². The summed E-state index contributed by atoms with van der Waals surface area (Å²) in [6.45, 7) is 1.91. The predicted molar refractivity (Wildman–Crippen MR) is 84.0 cm³/mol. The van der Waals surface area contributed by atoms with Crippen LogP contribution in [0.2, 0.25) is 0 Å². The first kappa shape index (κ1) is 15.2. The molecule has 0 saturated heterocycles. The van der Waals surface area contributed by atoms with Crippen LogP contribution < -0.4 is 0 Å². The van der Waals surface area contributed by atoms with Crippen molar-refractivity contribution in [2.45, 2.75) is 11.8 Å². The minimum Gasteiger partial charge on any atom is -0.506 e. The smallest absolute Gasteiger partial charge is 0.142 e. The Morgan fingerprint density at radius 3 is 2.48 bits per heavy atom. The molecule has 1 aliphatic rings. The number of fused-ring (bicyclic) bond motifs is 1. The second-order valence-electron chi connectivity index (χ2n) is 4.69. The van der Waals surface area contributed by atoms with Crippen LogP contribution in [0.25, 0.3) is 5.76 Å². The van der Waals surface area contributed by atoms with Crippen LogP contribution in [0.15, 0.2) is 58.3 Å². The van der Waals surface area contributed by atoms with Crippen LogP contribution in [0.4, 0.5) is 0 Å². The molecular weight excluding hydrogens is 286 g/mol. The topological polar surface area (TPSA) is 92.7 Å². The van der Waals surface area contributed by atoms with E-state index in [1.807, 2.05) is 31.2 Å². The zero-order valence-corrected chi connectivity index (χ0v) is 12.2. The highest BCUT2D eigenvalue weighted by Crippen LogP contribution is 2.36. The van der Waals surface area contributed by atoms with E-state index in [-0.39, 0.29) is 21.9 Å². The second-order valence-corrected chi connectivity index (χ2v) is 6.07. The molecule has 0 radical (unpaired) electrons. The van der Waals surface area contributed by atoms with Crippen LogP contribution in [-0.2, 0) is 10.8 Å². The van der Waals surface area contributed by atoms with Gasteiger partial charge in [-0.2, -0.15) is 0 Å². The van der Waals surface area contributed by atoms with Gasteiger partial charge in [0, 0.05) is 11.1 Å². The van der Waals surface area contributed by atoms with E-state index in [1.165, 1.54) is 0 Å². The lowest BCUT2D eigenvalue weighted by atomic mass is 10.1. The third-order valence-electron chi connectivity index (χ3n) is 3.28. The number of benzene rings is 2. The lowest BCUT2D eigenvalue weighted by molar-refractivity contribution is 0.511. The highest BCUT2D eigenvalue weighted by molar-refractivity contribution is 7.90. The lowest BCUT2D eigenvalue weighted by Gasteiger charge is -2.04. The number of aliphatic hydroxyl groups excluding tert-OH is 1. The van der Waals surface area contributed by atoms with Crippen LogP contribution >= 0.6 is 0 Å². The number of rotatable bonds is 2. The molecule has 0 amide bonds. The first-order chi connectivity index (χ1) is 9.59. The Balaban J connectivity index is 0.00000161. The minimum atomic E-state index is -1.50. The molecule has 0 spiro atoms. The van der Waals surface area contributed by atoms with Gasteiger partial charge in [0.05, 0.1) is 21.4 Å². The van der Waals surface area contributed by atoms with E-state index < -0.39 is 10.8 Å². The highest BCUT2D eigenvalue weighted by Gasteiger charge is 2.31. The van der Waals surface area contributed by atoms with Crippen molar-refractivity contribution in [1.29, 1.82) is 5.41 Å². The molecule has 108 valence electrons. The van der Waals surface area contributed by atoms with Crippen molar-refractivity contribution in [2.24, 2.45) is 0 Å². The maximum absolute atomic E-state index is 12.5. The van der Waals surface area contributed by atoms with Gasteiger partial charge in [0.1, 0.15) is 10.7 Å². The van der Waals surface area contributed by atoms with Crippen LogP contribution in [0.3, 0.4) is 0 Å². The van der Waals surface area contributed by atoms with Gasteiger partial charge in [-0.1, -0.05) is 42.0 Å². The molecular formula is C16H15NO3S. The van der Waals surface area contributed by atoms with Gasteiger partial charge >= 0.3 is 0 Å². The van der Waals surface area contributed by atoms with E-state index in [4.69, 9.17) is 5.41 Å². The summed E-state index contributed by atoms with van der Waals surface area (Å²) in [4.78, 5) is 0.764. The number of allylic oxidation sites excluding steroid dienone is 1. The summed E-state index contributed by atoms with van der Waals surface area (Å²) in [7, 11) is -1.50. The van der Waals surface area contributed by atoms with Crippen molar-refractivity contribution >= 4 is 22.3 Å². The van der Waals surface area contributed by atoms with E-state index in [0.717, 1.165) is 5.56 Å². The molecule has 5 heteroatoms. The summed E-state index contributed by atoms with van der Waals surface area (Å²) in [6, 6.07) is 14.4. The maximum atomic E-state index is 12.5. The minimum absolute atomic E-state index is 0. The third kappa shape index (κ3) is 2.41. The molecule has 1 aliphatic heterocycles. The summed E-state index contributed by atoms with van der Waals surface area (Å²) in [5, 5.41) is 18.5. The van der Waals surface area contributed by atoms with Gasteiger partial charge in [0.25, 0.3) is 0 Å². The molecule has 0 saturated carbocycles. The highest BCUT2D eigenvalue weighted by atomic mass is 32.2. The Morgan fingerprint density at radius 2 is 1.81 bits per heavy atom. The molecule has 21 heavy (non-hydrogen) atoms. The Morgan fingerprint density at radius 1 is 1.14 bits per heavy atom. The van der Waals surface area contributed by atoms with Crippen molar-refractivity contribution in [3.63, 3.8) is 0 Å². The van der Waals surface area contributed by atoms with Gasteiger partial charge in [-0.05, 0) is 19.1 Å². The molecule has 2 aromatic rings. The monoisotopic (exact) mass is 301 g/mol. The van der Waals surface area contributed by atoms with Crippen LogP contribution in [0.5, 0.6) is 0 Å². The summed E-state index contributed by atoms with van der Waals surface area (Å²) < 4.78 is 12.5. The third-order valence-corrected chi connectivity index (χ3v) is 4.80. The summed E-state index contributed by atoms with van der Waals surface area (Å²) in [6.07, 6.45) is 0. The average Bonchev–Trinajstić information content (AvgIpc) is 2.71. The number of hydrogen-bond acceptors (Lipinski definition) is 3. The number of aliphatic hydroxyl groups is 1. The first-order valence-electron chi connectivity index (χ1n) is 6.20. The van der Waals surface area contributed by atoms with Crippen LogP contribution in [0, 0.1) is 12.3 Å². The summed E-state index contributed by atoms with van der Waals surface area (Å²) in [5.41, 5.74) is 2.31. The molecule has 1 heterocycles. The van der Waals surface area contributed by atoms with Gasteiger partial charge in [-0.3, -0.25) is 5.41 Å². The fourth-order valence-corrected chi connectivity index (χ4v) is 3.61. The molecule has 0 aliphatic carbocycles. The van der Waals surface area contributed by atoms with Crippen molar-refractivity contribution in [3.05, 3.63) is 70.1 Å². The maximum Gasteiger partial charge on any atom is 0.142 e. The zero-order chi connectivity index (χ0) is 14.3. The van der Waals surface area contributed by atoms with E-state index in [1.54, 1.807) is 24.3 Å². The number of aryl methyl sites for hydroxylation is 1. The van der Waals surface area contributed by atoms with Gasteiger partial charge in [0.2, 0.25) is 0 Å². The van der Waals surface area contributed by atoms with Crippen LogP contribution in [0.1, 0.15) is 16.7 Å². The standard InChI is InChI=1S/C16H13NO2S.H2O/c1-10-7-8-13-12(9-10)15(18)16(20(13)19)14(17)11-5-3-2-4-6-11;/h2-9,17-18H,1H3;1H2. The molecule has 3 rings (SSSR count). The Kier molecular flexibility index (Phi) is 4.06. The van der Waals surface area contributed by atoms with Gasteiger partial charge in [-0.15, -0.1) is 0 Å². The average molecular weight is 301 g/mol. The number of hydrogen-bond donors (Lipinski definition) is 2. The second kappa shape index (κ2) is 5.63. The van der Waals surface area contributed by atoms with Crippen molar-refractivity contribution in [3.8, 4) is 0 Å². The molecule has 0 aromatic heterocycles. The molecule has 4 nitrogen and oxygen atoms in total. The molecule has 1 unspecified atom stereocenters. The van der Waals surface area contributed by atoms with Gasteiger partial charge < -0.3 is 10.6 Å². The summed E-state index contributed by atoms with van der Waals surface area (Å²) in [5.74, 6) is -0.0455. The molecule has 2 aromatic carbocycles. The normalized spacial score (nSPS) is 16.3. The van der Waals surface area contributed by atoms with E-state index >= 15 is 0 Å². The first-order valence-corrected chi connectivity index (χ1v) is 7.35.